The minimum absolute atomic E-state index is 0.0196. The molecule has 0 saturated carbocycles. The minimum atomic E-state index is -2.04. The first-order chi connectivity index (χ1) is 18.9. The lowest BCUT2D eigenvalue weighted by molar-refractivity contribution is -0.249. The molecular weight excluding hydrogens is 526 g/mol. The molecule has 1 heterocycles. The number of carbonyl (C=O) groups is 4. The summed E-state index contributed by atoms with van der Waals surface area (Å²) in [6.45, 7) is 2.73. The van der Waals surface area contributed by atoms with E-state index in [1.165, 1.54) is 25.3 Å². The topological polar surface area (TPSA) is 189 Å². The quantitative estimate of drug-likeness (QED) is 0.214. The SMILES string of the molecule is COc1cccc2c1C(=O)c1c(O)c3c(c(O)c1C2=O)C[C@@](O)(C(C)=O)CC3OC1CC(NC=O)C(O)C(C)O1. The lowest BCUT2D eigenvalue weighted by Gasteiger charge is -2.42. The van der Waals surface area contributed by atoms with Gasteiger partial charge in [0.25, 0.3) is 0 Å². The molecule has 12 nitrogen and oxygen atoms in total. The van der Waals surface area contributed by atoms with Crippen molar-refractivity contribution in [2.24, 2.45) is 0 Å². The van der Waals surface area contributed by atoms with E-state index in [0.717, 1.165) is 6.92 Å². The first kappa shape index (κ1) is 27.7. The van der Waals surface area contributed by atoms with Gasteiger partial charge in [0, 0.05) is 36.0 Å². The Labute approximate surface area is 228 Å². The second kappa shape index (κ2) is 9.97. The third-order valence-electron chi connectivity index (χ3n) is 8.04. The summed E-state index contributed by atoms with van der Waals surface area (Å²) in [6, 6.07) is 3.66. The molecule has 0 bridgehead atoms. The molecular formula is C28H29NO11. The van der Waals surface area contributed by atoms with Gasteiger partial charge in [-0.3, -0.25) is 19.2 Å². The lowest BCUT2D eigenvalue weighted by atomic mass is 9.72. The summed E-state index contributed by atoms with van der Waals surface area (Å²) in [5.41, 5.74) is -3.25. The highest BCUT2D eigenvalue weighted by molar-refractivity contribution is 6.31. The number of ether oxygens (including phenoxy) is 3. The van der Waals surface area contributed by atoms with Gasteiger partial charge in [-0.25, -0.2) is 0 Å². The maximum Gasteiger partial charge on any atom is 0.207 e. The zero-order valence-electron chi connectivity index (χ0n) is 22.0. The number of fused-ring (bicyclic) bond motifs is 3. The Morgan fingerprint density at radius 3 is 2.50 bits per heavy atom. The maximum absolute atomic E-state index is 13.7. The summed E-state index contributed by atoms with van der Waals surface area (Å²) in [4.78, 5) is 50.8. The number of hydrogen-bond donors (Lipinski definition) is 5. The third-order valence-corrected chi connectivity index (χ3v) is 8.04. The number of benzene rings is 2. The number of phenolic OH excluding ortho intramolecular Hbond substituents is 2. The molecule has 0 spiro atoms. The number of aliphatic hydroxyl groups is 2. The summed E-state index contributed by atoms with van der Waals surface area (Å²) in [6.07, 6.45) is -4.61. The molecule has 6 atom stereocenters. The number of phenols is 2. The van der Waals surface area contributed by atoms with Crippen molar-refractivity contribution in [3.63, 3.8) is 0 Å². The van der Waals surface area contributed by atoms with Crippen LogP contribution in [0.5, 0.6) is 17.2 Å². The number of amides is 1. The van der Waals surface area contributed by atoms with Crippen LogP contribution in [0, 0.1) is 0 Å². The predicted octanol–water partition coefficient (Wildman–Crippen LogP) is 0.816. The van der Waals surface area contributed by atoms with Crippen LogP contribution in [0.4, 0.5) is 0 Å². The van der Waals surface area contributed by atoms with Gasteiger partial charge in [0.05, 0.1) is 42.0 Å². The van der Waals surface area contributed by atoms with E-state index in [1.807, 2.05) is 0 Å². The van der Waals surface area contributed by atoms with E-state index in [1.54, 1.807) is 6.92 Å². The van der Waals surface area contributed by atoms with Crippen LogP contribution in [0.1, 0.15) is 75.8 Å². The Hall–Kier alpha value is -3.84. The molecule has 2 aliphatic carbocycles. The number of rotatable bonds is 6. The fourth-order valence-corrected chi connectivity index (χ4v) is 5.88. The maximum atomic E-state index is 13.7. The van der Waals surface area contributed by atoms with Crippen molar-refractivity contribution in [3.8, 4) is 17.2 Å². The largest absolute Gasteiger partial charge is 0.507 e. The second-order valence-electron chi connectivity index (χ2n) is 10.4. The summed E-state index contributed by atoms with van der Waals surface area (Å²) in [5.74, 6) is -3.33. The van der Waals surface area contributed by atoms with E-state index in [4.69, 9.17) is 14.2 Å². The van der Waals surface area contributed by atoms with Crippen LogP contribution in [-0.2, 0) is 25.5 Å². The molecule has 0 aromatic heterocycles. The van der Waals surface area contributed by atoms with Crippen LogP contribution >= 0.6 is 0 Å². The molecule has 5 N–H and O–H groups in total. The zero-order valence-corrected chi connectivity index (χ0v) is 22.0. The van der Waals surface area contributed by atoms with Crippen molar-refractivity contribution < 1.29 is 53.8 Å². The normalized spacial score (nSPS) is 29.2. The van der Waals surface area contributed by atoms with Gasteiger partial charge in [0.15, 0.2) is 17.9 Å². The third kappa shape index (κ3) is 4.15. The molecule has 2 aromatic carbocycles. The Bertz CT molecular complexity index is 1440. The summed E-state index contributed by atoms with van der Waals surface area (Å²) in [5, 5.41) is 47.0. The Morgan fingerprint density at radius 1 is 1.15 bits per heavy atom. The Balaban J connectivity index is 1.66. The smallest absolute Gasteiger partial charge is 0.207 e. The van der Waals surface area contributed by atoms with E-state index >= 15 is 0 Å². The number of aliphatic hydroxyl groups excluding tert-OH is 1. The highest BCUT2D eigenvalue weighted by Crippen LogP contribution is 2.52. The number of nitrogens with one attached hydrogen (secondary N) is 1. The summed E-state index contributed by atoms with van der Waals surface area (Å²) >= 11 is 0. The number of ketones is 3. The highest BCUT2D eigenvalue weighted by Gasteiger charge is 2.49. The molecule has 1 amide bonds. The first-order valence-electron chi connectivity index (χ1n) is 12.7. The van der Waals surface area contributed by atoms with E-state index in [9.17, 15) is 39.6 Å². The number of hydrogen-bond acceptors (Lipinski definition) is 11. The van der Waals surface area contributed by atoms with Gasteiger partial charge in [0.1, 0.15) is 29.0 Å². The molecule has 1 saturated heterocycles. The number of Topliss-reactive ketones (excluding diaryl/α,β-unsaturated/α-hetero) is 1. The molecule has 3 aliphatic rings. The van der Waals surface area contributed by atoms with Gasteiger partial charge in [-0.1, -0.05) is 12.1 Å². The molecule has 212 valence electrons. The molecule has 1 fully saturated rings. The van der Waals surface area contributed by atoms with Crippen molar-refractivity contribution >= 4 is 23.8 Å². The fraction of sp³-hybridized carbons (Fsp3) is 0.429. The predicted molar refractivity (Wildman–Crippen MR) is 135 cm³/mol. The van der Waals surface area contributed by atoms with E-state index in [0.29, 0.717) is 6.41 Å². The average molecular weight is 556 g/mol. The van der Waals surface area contributed by atoms with Gasteiger partial charge in [-0.2, -0.15) is 0 Å². The average Bonchev–Trinajstić information content (AvgIpc) is 2.91. The van der Waals surface area contributed by atoms with Crippen LogP contribution in [-0.4, -0.2) is 81.4 Å². The van der Waals surface area contributed by atoms with Gasteiger partial charge < -0.3 is 40.0 Å². The Kier molecular flexibility index (Phi) is 6.91. The highest BCUT2D eigenvalue weighted by atomic mass is 16.7. The lowest BCUT2D eigenvalue weighted by Crippen LogP contribution is -2.54. The van der Waals surface area contributed by atoms with Crippen LogP contribution in [0.3, 0.4) is 0 Å². The van der Waals surface area contributed by atoms with Crippen LogP contribution in [0.2, 0.25) is 0 Å². The zero-order chi connectivity index (χ0) is 29.1. The van der Waals surface area contributed by atoms with Gasteiger partial charge in [-0.05, 0) is 19.9 Å². The number of aromatic hydroxyl groups is 2. The molecule has 0 radical (unpaired) electrons. The van der Waals surface area contributed by atoms with Crippen LogP contribution < -0.4 is 10.1 Å². The van der Waals surface area contributed by atoms with Crippen molar-refractivity contribution in [2.45, 2.75) is 69.4 Å². The molecule has 40 heavy (non-hydrogen) atoms. The van der Waals surface area contributed by atoms with E-state index < -0.39 is 82.6 Å². The van der Waals surface area contributed by atoms with Crippen LogP contribution in [0.15, 0.2) is 18.2 Å². The van der Waals surface area contributed by atoms with Gasteiger partial charge in [0.2, 0.25) is 12.2 Å². The molecule has 12 heteroatoms. The van der Waals surface area contributed by atoms with E-state index in [2.05, 4.69) is 5.32 Å². The summed E-state index contributed by atoms with van der Waals surface area (Å²) in [7, 11) is 1.33. The Morgan fingerprint density at radius 2 is 1.85 bits per heavy atom. The monoisotopic (exact) mass is 555 g/mol. The van der Waals surface area contributed by atoms with Crippen molar-refractivity contribution in [1.29, 1.82) is 0 Å². The van der Waals surface area contributed by atoms with Gasteiger partial charge in [-0.15, -0.1) is 0 Å². The summed E-state index contributed by atoms with van der Waals surface area (Å²) < 4.78 is 17.1. The molecule has 2 aromatic rings. The van der Waals surface area contributed by atoms with Crippen molar-refractivity contribution in [1.82, 2.24) is 5.32 Å². The van der Waals surface area contributed by atoms with Gasteiger partial charge >= 0.3 is 0 Å². The first-order valence-corrected chi connectivity index (χ1v) is 12.7. The molecule has 5 rings (SSSR count). The fourth-order valence-electron chi connectivity index (χ4n) is 5.88. The molecule has 5 unspecified atom stereocenters. The second-order valence-corrected chi connectivity index (χ2v) is 10.4. The number of methoxy groups -OCH3 is 1. The number of carbonyl (C=O) groups excluding carboxylic acids is 4. The van der Waals surface area contributed by atoms with E-state index in [-0.39, 0.29) is 40.8 Å². The van der Waals surface area contributed by atoms with Crippen molar-refractivity contribution in [2.75, 3.05) is 7.11 Å². The minimum Gasteiger partial charge on any atom is -0.507 e. The van der Waals surface area contributed by atoms with Crippen molar-refractivity contribution in [3.05, 3.63) is 51.6 Å². The molecule has 1 aliphatic heterocycles. The standard InChI is InChI=1S/C28H29NO11/c1-11-23(32)15(29-10-30)7-18(39-11)40-17-9-28(37,12(2)31)8-14-20(17)27(36)22-21(25(14)34)24(33)13-5-4-6-16(38-3)19(13)26(22)35/h4-6,10-11,15,17-18,23,32,34,36-37H,7-9H2,1-3H3,(H,29,30)/t11?,15?,17?,18?,23?,28-/m0/s1. The van der Waals surface area contributed by atoms with Crippen LogP contribution in [0.25, 0.3) is 0 Å².